The minimum Gasteiger partial charge on any atom is -0.451 e. The highest BCUT2D eigenvalue weighted by Crippen LogP contribution is 2.14. The second-order valence-corrected chi connectivity index (χ2v) is 7.84. The quantitative estimate of drug-likeness (QED) is 0.636. The maximum Gasteiger partial charge on any atom is 0.359 e. The van der Waals surface area contributed by atoms with Crippen molar-refractivity contribution in [3.63, 3.8) is 0 Å². The Labute approximate surface area is 174 Å². The smallest absolute Gasteiger partial charge is 0.359 e. The van der Waals surface area contributed by atoms with Gasteiger partial charge in [-0.2, -0.15) is 5.10 Å². The SMILES string of the molecule is CC(C)CCNC(=O)NC(=O)COC(=O)c1nn(CC(C)C)c(=O)c2ccccc12. The lowest BCUT2D eigenvalue weighted by molar-refractivity contribution is -0.123. The van der Waals surface area contributed by atoms with Crippen molar-refractivity contribution >= 4 is 28.7 Å². The van der Waals surface area contributed by atoms with E-state index in [0.717, 1.165) is 6.42 Å². The van der Waals surface area contributed by atoms with Gasteiger partial charge in [-0.3, -0.25) is 14.9 Å². The van der Waals surface area contributed by atoms with Crippen molar-refractivity contribution in [3.05, 3.63) is 40.3 Å². The molecule has 0 radical (unpaired) electrons. The molecule has 162 valence electrons. The molecular formula is C21H28N4O5. The number of carbonyl (C=O) groups is 3. The Kier molecular flexibility index (Phi) is 8.08. The number of benzene rings is 1. The predicted molar refractivity (Wildman–Crippen MR) is 112 cm³/mol. The summed E-state index contributed by atoms with van der Waals surface area (Å²) in [5, 5.41) is 9.50. The molecule has 30 heavy (non-hydrogen) atoms. The van der Waals surface area contributed by atoms with Crippen molar-refractivity contribution in [1.82, 2.24) is 20.4 Å². The molecule has 0 aliphatic rings. The van der Waals surface area contributed by atoms with Gasteiger partial charge in [-0.25, -0.2) is 14.3 Å². The number of ether oxygens (including phenoxy) is 1. The summed E-state index contributed by atoms with van der Waals surface area (Å²) < 4.78 is 6.26. The molecule has 0 fully saturated rings. The van der Waals surface area contributed by atoms with Crippen LogP contribution in [0.4, 0.5) is 4.79 Å². The number of esters is 1. The van der Waals surface area contributed by atoms with Crippen molar-refractivity contribution < 1.29 is 19.1 Å². The van der Waals surface area contributed by atoms with Gasteiger partial charge in [0.1, 0.15) is 0 Å². The maximum absolute atomic E-state index is 12.6. The van der Waals surface area contributed by atoms with Gasteiger partial charge >= 0.3 is 12.0 Å². The third-order valence-electron chi connectivity index (χ3n) is 4.19. The molecule has 1 aromatic heterocycles. The second kappa shape index (κ2) is 10.5. The van der Waals surface area contributed by atoms with Crippen molar-refractivity contribution in [2.24, 2.45) is 11.8 Å². The number of hydrogen-bond acceptors (Lipinski definition) is 6. The summed E-state index contributed by atoms with van der Waals surface area (Å²) in [6.45, 7) is 8.02. The molecule has 3 amide bonds. The average molecular weight is 416 g/mol. The molecule has 1 aromatic carbocycles. The predicted octanol–water partition coefficient (Wildman–Crippen LogP) is 2.08. The summed E-state index contributed by atoms with van der Waals surface area (Å²) in [6, 6.07) is 5.94. The van der Waals surface area contributed by atoms with Crippen LogP contribution >= 0.6 is 0 Å². The van der Waals surface area contributed by atoms with Gasteiger partial charge in [0.2, 0.25) is 0 Å². The standard InChI is InChI=1S/C21H28N4O5/c1-13(2)9-10-22-21(29)23-17(26)12-30-20(28)18-15-7-5-6-8-16(15)19(27)25(24-18)11-14(3)4/h5-8,13-14H,9-12H2,1-4H3,(H2,22,23,26,29). The number of hydrogen-bond donors (Lipinski definition) is 2. The molecule has 0 spiro atoms. The molecule has 2 rings (SSSR count). The number of nitrogens with zero attached hydrogens (tertiary/aromatic N) is 2. The lowest BCUT2D eigenvalue weighted by atomic mass is 10.1. The van der Waals surface area contributed by atoms with E-state index in [4.69, 9.17) is 4.74 Å². The van der Waals surface area contributed by atoms with Crippen LogP contribution in [0, 0.1) is 11.8 Å². The fraction of sp³-hybridized carbons (Fsp3) is 0.476. The van der Waals surface area contributed by atoms with E-state index in [1.807, 2.05) is 27.7 Å². The van der Waals surface area contributed by atoms with Gasteiger partial charge in [-0.1, -0.05) is 45.9 Å². The van der Waals surface area contributed by atoms with Crippen LogP contribution in [0.5, 0.6) is 0 Å². The number of amides is 3. The van der Waals surface area contributed by atoms with Crippen LogP contribution in [0.2, 0.25) is 0 Å². The molecule has 0 atom stereocenters. The van der Waals surface area contributed by atoms with Gasteiger partial charge in [0.25, 0.3) is 11.5 Å². The fourth-order valence-electron chi connectivity index (χ4n) is 2.74. The zero-order valence-electron chi connectivity index (χ0n) is 17.7. The van der Waals surface area contributed by atoms with E-state index in [0.29, 0.717) is 29.8 Å². The number of aromatic nitrogens is 2. The van der Waals surface area contributed by atoms with Gasteiger partial charge in [0, 0.05) is 18.5 Å². The topological polar surface area (TPSA) is 119 Å². The van der Waals surface area contributed by atoms with E-state index >= 15 is 0 Å². The number of nitrogens with one attached hydrogen (secondary N) is 2. The molecule has 2 N–H and O–H groups in total. The first-order valence-corrected chi connectivity index (χ1v) is 9.93. The largest absolute Gasteiger partial charge is 0.451 e. The normalized spacial score (nSPS) is 11.0. The second-order valence-electron chi connectivity index (χ2n) is 7.84. The van der Waals surface area contributed by atoms with Gasteiger partial charge in [-0.05, 0) is 24.3 Å². The highest BCUT2D eigenvalue weighted by atomic mass is 16.5. The van der Waals surface area contributed by atoms with E-state index in [-0.39, 0.29) is 17.2 Å². The third kappa shape index (κ3) is 6.40. The van der Waals surface area contributed by atoms with Crippen LogP contribution in [0.1, 0.15) is 44.6 Å². The fourth-order valence-corrected chi connectivity index (χ4v) is 2.74. The van der Waals surface area contributed by atoms with Crippen LogP contribution in [0.15, 0.2) is 29.1 Å². The monoisotopic (exact) mass is 416 g/mol. The summed E-state index contributed by atoms with van der Waals surface area (Å²) in [4.78, 5) is 48.7. The Hall–Kier alpha value is -3.23. The number of rotatable bonds is 8. The first-order chi connectivity index (χ1) is 14.2. The molecule has 0 saturated carbocycles. The lowest BCUT2D eigenvalue weighted by Crippen LogP contribution is -2.42. The first-order valence-electron chi connectivity index (χ1n) is 9.93. The Morgan fingerprint density at radius 2 is 1.73 bits per heavy atom. The van der Waals surface area contributed by atoms with Crippen LogP contribution < -0.4 is 16.2 Å². The van der Waals surface area contributed by atoms with Gasteiger partial charge in [-0.15, -0.1) is 0 Å². The van der Waals surface area contributed by atoms with E-state index < -0.39 is 24.5 Å². The molecule has 9 heteroatoms. The summed E-state index contributed by atoms with van der Waals surface area (Å²) in [5.74, 6) is -1.05. The molecule has 1 heterocycles. The minimum absolute atomic E-state index is 0.0555. The molecule has 0 unspecified atom stereocenters. The number of fused-ring (bicyclic) bond motifs is 1. The highest BCUT2D eigenvalue weighted by molar-refractivity contribution is 6.03. The van der Waals surface area contributed by atoms with Crippen LogP contribution in [0.3, 0.4) is 0 Å². The zero-order valence-corrected chi connectivity index (χ0v) is 17.7. The van der Waals surface area contributed by atoms with Crippen molar-refractivity contribution in [3.8, 4) is 0 Å². The Balaban J connectivity index is 2.08. The number of imide groups is 1. The number of urea groups is 1. The summed E-state index contributed by atoms with van der Waals surface area (Å²) in [5.41, 5.74) is -0.355. The van der Waals surface area contributed by atoms with Gasteiger partial charge < -0.3 is 10.1 Å². The highest BCUT2D eigenvalue weighted by Gasteiger charge is 2.20. The molecule has 0 aliphatic carbocycles. The summed E-state index contributed by atoms with van der Waals surface area (Å²) in [7, 11) is 0. The average Bonchev–Trinajstić information content (AvgIpc) is 2.67. The molecular weight excluding hydrogens is 388 g/mol. The van der Waals surface area contributed by atoms with Crippen molar-refractivity contribution in [2.45, 2.75) is 40.7 Å². The minimum atomic E-state index is -0.848. The molecule has 0 saturated heterocycles. The van der Waals surface area contributed by atoms with E-state index in [2.05, 4.69) is 15.7 Å². The Morgan fingerprint density at radius 3 is 2.37 bits per heavy atom. The first kappa shape index (κ1) is 23.1. The maximum atomic E-state index is 12.6. The van der Waals surface area contributed by atoms with Crippen molar-refractivity contribution in [2.75, 3.05) is 13.2 Å². The van der Waals surface area contributed by atoms with Crippen LogP contribution in [-0.4, -0.2) is 40.8 Å². The Bertz CT molecular complexity index is 981. The van der Waals surface area contributed by atoms with Gasteiger partial charge in [0.15, 0.2) is 12.3 Å². The molecule has 0 aliphatic heterocycles. The molecule has 2 aromatic rings. The number of carbonyl (C=O) groups excluding carboxylic acids is 3. The van der Waals surface area contributed by atoms with Crippen LogP contribution in [0.25, 0.3) is 10.8 Å². The Morgan fingerprint density at radius 1 is 1.07 bits per heavy atom. The zero-order chi connectivity index (χ0) is 22.3. The summed E-state index contributed by atoms with van der Waals surface area (Å²) >= 11 is 0. The van der Waals surface area contributed by atoms with Gasteiger partial charge in [0.05, 0.1) is 5.39 Å². The third-order valence-corrected chi connectivity index (χ3v) is 4.19. The molecule has 9 nitrogen and oxygen atoms in total. The van der Waals surface area contributed by atoms with E-state index in [1.165, 1.54) is 4.68 Å². The van der Waals surface area contributed by atoms with Crippen LogP contribution in [-0.2, 0) is 16.1 Å². The molecule has 0 bridgehead atoms. The lowest BCUT2D eigenvalue weighted by Gasteiger charge is -2.12. The van der Waals surface area contributed by atoms with Crippen molar-refractivity contribution in [1.29, 1.82) is 0 Å². The van der Waals surface area contributed by atoms with E-state index in [9.17, 15) is 19.2 Å². The van der Waals surface area contributed by atoms with E-state index in [1.54, 1.807) is 24.3 Å². The summed E-state index contributed by atoms with van der Waals surface area (Å²) in [6.07, 6.45) is 0.779.